The van der Waals surface area contributed by atoms with Crippen molar-refractivity contribution >= 4 is 12.2 Å². The average molecular weight is 312 g/mol. The zero-order valence-corrected chi connectivity index (χ0v) is 13.2. The maximum atomic E-state index is 5.82. The molecule has 0 aliphatic rings. The van der Waals surface area contributed by atoms with Gasteiger partial charge in [0, 0.05) is 6.42 Å². The Balaban J connectivity index is 2.02. The molecular formula is C16H20N6O. The predicted octanol–water partition coefficient (Wildman–Crippen LogP) is 2.47. The van der Waals surface area contributed by atoms with Crippen LogP contribution in [0.4, 0.5) is 5.95 Å². The third kappa shape index (κ3) is 4.44. The number of nitrogens with one attached hydrogen (secondary N) is 1. The van der Waals surface area contributed by atoms with Gasteiger partial charge in [0.1, 0.15) is 11.5 Å². The summed E-state index contributed by atoms with van der Waals surface area (Å²) < 4.78 is 6.96. The molecule has 2 aromatic rings. The van der Waals surface area contributed by atoms with Crippen LogP contribution >= 0.6 is 0 Å². The molecule has 0 aliphatic carbocycles. The highest BCUT2D eigenvalue weighted by atomic mass is 16.5. The lowest BCUT2D eigenvalue weighted by Gasteiger charge is -2.05. The van der Waals surface area contributed by atoms with Crippen molar-refractivity contribution in [2.24, 2.45) is 5.10 Å². The van der Waals surface area contributed by atoms with Crippen LogP contribution in [0.5, 0.6) is 5.75 Å². The zero-order valence-electron chi connectivity index (χ0n) is 13.2. The largest absolute Gasteiger partial charge is 0.458 e. The van der Waals surface area contributed by atoms with E-state index in [-0.39, 0.29) is 0 Å². The van der Waals surface area contributed by atoms with Crippen LogP contribution in [0.1, 0.15) is 25.2 Å². The topological polar surface area (TPSA) is 90.3 Å². The summed E-state index contributed by atoms with van der Waals surface area (Å²) in [5.74, 6) is 8.14. The summed E-state index contributed by atoms with van der Waals surface area (Å²) in [4.78, 5) is 0. The Labute approximate surface area is 135 Å². The van der Waals surface area contributed by atoms with Gasteiger partial charge in [-0.1, -0.05) is 31.7 Å². The first-order valence-corrected chi connectivity index (χ1v) is 7.22. The molecule has 1 aromatic heterocycles. The van der Waals surface area contributed by atoms with Crippen molar-refractivity contribution in [3.8, 4) is 5.75 Å². The van der Waals surface area contributed by atoms with Crippen LogP contribution < -0.4 is 16.0 Å². The van der Waals surface area contributed by atoms with Crippen molar-refractivity contribution in [2.45, 2.75) is 20.3 Å². The Morgan fingerprint density at radius 1 is 1.48 bits per heavy atom. The first kappa shape index (κ1) is 16.3. The summed E-state index contributed by atoms with van der Waals surface area (Å²) in [5.41, 5.74) is 3.62. The van der Waals surface area contributed by atoms with Crippen LogP contribution in [0.15, 0.2) is 53.9 Å². The minimum atomic E-state index is 0.381. The number of nitrogens with zero attached hydrogens (tertiary/aromatic N) is 4. The first-order chi connectivity index (χ1) is 11.1. The third-order valence-corrected chi connectivity index (χ3v) is 2.92. The number of rotatable bonds is 7. The van der Waals surface area contributed by atoms with E-state index >= 15 is 0 Å². The Kier molecular flexibility index (Phi) is 5.51. The number of benzene rings is 1. The number of anilines is 1. The lowest BCUT2D eigenvalue weighted by atomic mass is 10.2. The second kappa shape index (κ2) is 7.79. The summed E-state index contributed by atoms with van der Waals surface area (Å²) in [6, 6.07) is 7.48. The lowest BCUT2D eigenvalue weighted by Crippen LogP contribution is -2.14. The zero-order chi connectivity index (χ0) is 16.7. The van der Waals surface area contributed by atoms with Crippen molar-refractivity contribution in [1.29, 1.82) is 0 Å². The first-order valence-electron chi connectivity index (χ1n) is 7.22. The molecule has 7 nitrogen and oxygen atoms in total. The second-order valence-corrected chi connectivity index (χ2v) is 4.67. The number of allylic oxidation sites excluding steroid dienone is 2. The van der Waals surface area contributed by atoms with Crippen LogP contribution in [0.3, 0.4) is 0 Å². The van der Waals surface area contributed by atoms with Gasteiger partial charge in [-0.15, -0.1) is 10.2 Å². The second-order valence-electron chi connectivity index (χ2n) is 4.67. The van der Waals surface area contributed by atoms with E-state index in [4.69, 9.17) is 10.6 Å². The highest BCUT2D eigenvalue weighted by molar-refractivity contribution is 5.80. The molecule has 7 heteroatoms. The minimum Gasteiger partial charge on any atom is -0.458 e. The van der Waals surface area contributed by atoms with E-state index in [0.29, 0.717) is 29.7 Å². The molecule has 23 heavy (non-hydrogen) atoms. The van der Waals surface area contributed by atoms with E-state index in [9.17, 15) is 0 Å². The van der Waals surface area contributed by atoms with Gasteiger partial charge >= 0.3 is 0 Å². The van der Waals surface area contributed by atoms with Crippen LogP contribution in [0, 0.1) is 0 Å². The molecule has 120 valence electrons. The molecule has 3 N–H and O–H groups in total. The number of hydrogen-bond donors (Lipinski definition) is 2. The van der Waals surface area contributed by atoms with Crippen molar-refractivity contribution in [2.75, 3.05) is 11.3 Å². The van der Waals surface area contributed by atoms with Crippen molar-refractivity contribution in [3.63, 3.8) is 0 Å². The molecule has 0 radical (unpaired) electrons. The predicted molar refractivity (Wildman–Crippen MR) is 91.8 cm³/mol. The van der Waals surface area contributed by atoms with Gasteiger partial charge < -0.3 is 10.6 Å². The average Bonchev–Trinajstić information content (AvgIpc) is 2.88. The molecule has 0 bridgehead atoms. The number of aromatic nitrogens is 3. The van der Waals surface area contributed by atoms with Crippen molar-refractivity contribution < 1.29 is 4.74 Å². The third-order valence-electron chi connectivity index (χ3n) is 2.92. The van der Waals surface area contributed by atoms with Gasteiger partial charge in [-0.3, -0.25) is 0 Å². The molecule has 2 rings (SSSR count). The smallest absolute Gasteiger partial charge is 0.263 e. The fourth-order valence-electron chi connectivity index (χ4n) is 1.84. The van der Waals surface area contributed by atoms with Crippen LogP contribution in [0.25, 0.3) is 0 Å². The van der Waals surface area contributed by atoms with Gasteiger partial charge in [-0.25, -0.2) is 10.1 Å². The number of aryl methyl sites for hydroxylation is 1. The number of ether oxygens (including phenoxy) is 1. The molecule has 0 aliphatic heterocycles. The lowest BCUT2D eigenvalue weighted by molar-refractivity contribution is 0.447. The Morgan fingerprint density at radius 3 is 3.00 bits per heavy atom. The van der Waals surface area contributed by atoms with Crippen molar-refractivity contribution in [1.82, 2.24) is 14.9 Å². The van der Waals surface area contributed by atoms with Gasteiger partial charge in [0.2, 0.25) is 0 Å². The quantitative estimate of drug-likeness (QED) is 0.269. The Hall–Kier alpha value is -3.09. The molecule has 0 amide bonds. The summed E-state index contributed by atoms with van der Waals surface area (Å²) in [6.07, 6.45) is 6.00. The normalized spacial score (nSPS) is 11.2. The highest BCUT2D eigenvalue weighted by Gasteiger charge is 2.05. The van der Waals surface area contributed by atoms with Gasteiger partial charge in [0.25, 0.3) is 5.95 Å². The number of hydrogen-bond acceptors (Lipinski definition) is 6. The van der Waals surface area contributed by atoms with E-state index in [1.807, 2.05) is 44.2 Å². The SMILES string of the molecule is C=C(/C=C\C)Oc1cccc(/C=N\Nc2nnc(CC)n2N)c1. The van der Waals surface area contributed by atoms with Gasteiger partial charge in [-0.05, 0) is 30.7 Å². The van der Waals surface area contributed by atoms with E-state index in [2.05, 4.69) is 27.3 Å². The van der Waals surface area contributed by atoms with Crippen LogP contribution in [-0.2, 0) is 6.42 Å². The molecule has 0 atom stereocenters. The maximum Gasteiger partial charge on any atom is 0.263 e. The summed E-state index contributed by atoms with van der Waals surface area (Å²) >= 11 is 0. The van der Waals surface area contributed by atoms with E-state index < -0.39 is 0 Å². The molecule has 1 aromatic carbocycles. The van der Waals surface area contributed by atoms with Gasteiger partial charge in [0.15, 0.2) is 5.82 Å². The van der Waals surface area contributed by atoms with Crippen LogP contribution in [-0.4, -0.2) is 21.1 Å². The van der Waals surface area contributed by atoms with Gasteiger partial charge in [0.05, 0.1) is 6.21 Å². The molecule has 1 heterocycles. The number of nitrogens with two attached hydrogens (primary N) is 1. The van der Waals surface area contributed by atoms with Crippen molar-refractivity contribution in [3.05, 3.63) is 60.1 Å². The van der Waals surface area contributed by atoms with Crippen LogP contribution in [0.2, 0.25) is 0 Å². The Bertz CT molecular complexity index is 732. The molecular weight excluding hydrogens is 292 g/mol. The molecule has 0 saturated carbocycles. The monoisotopic (exact) mass is 312 g/mol. The molecule has 0 spiro atoms. The highest BCUT2D eigenvalue weighted by Crippen LogP contribution is 2.15. The Morgan fingerprint density at radius 2 is 2.30 bits per heavy atom. The van der Waals surface area contributed by atoms with Gasteiger partial charge in [-0.2, -0.15) is 5.10 Å². The fraction of sp³-hybridized carbons (Fsp3) is 0.188. The standard InChI is InChI=1S/C16H20N6O/c1-4-7-12(3)23-14-9-6-8-13(10-14)11-18-20-16-21-19-15(5-2)22(16)17/h4,6-11H,3,5,17H2,1-2H3,(H,20,21)/b7-4-,18-11-. The number of nitrogen functional groups attached to an aromatic ring is 1. The molecule has 0 fully saturated rings. The summed E-state index contributed by atoms with van der Waals surface area (Å²) in [6.45, 7) is 7.66. The molecule has 0 saturated heterocycles. The van der Waals surface area contributed by atoms with E-state index in [0.717, 1.165) is 5.56 Å². The summed E-state index contributed by atoms with van der Waals surface area (Å²) in [5, 5.41) is 12.0. The fourth-order valence-corrected chi connectivity index (χ4v) is 1.84. The summed E-state index contributed by atoms with van der Waals surface area (Å²) in [7, 11) is 0. The minimum absolute atomic E-state index is 0.381. The molecule has 0 unspecified atom stereocenters. The van der Waals surface area contributed by atoms with E-state index in [1.54, 1.807) is 12.3 Å². The maximum absolute atomic E-state index is 5.82. The van der Waals surface area contributed by atoms with E-state index in [1.165, 1.54) is 4.68 Å². The number of hydrazone groups is 1.